The lowest BCUT2D eigenvalue weighted by Crippen LogP contribution is -2.06. The van der Waals surface area contributed by atoms with E-state index in [1.54, 1.807) is 48.5 Å². The van der Waals surface area contributed by atoms with Gasteiger partial charge in [-0.1, -0.05) is 40.2 Å². The van der Waals surface area contributed by atoms with Crippen LogP contribution in [0.5, 0.6) is 0 Å². The summed E-state index contributed by atoms with van der Waals surface area (Å²) in [6, 6.07) is 13.2. The molecule has 5 heteroatoms. The van der Waals surface area contributed by atoms with Gasteiger partial charge in [-0.05, 0) is 29.8 Å². The molecule has 0 fully saturated rings. The second-order valence-electron chi connectivity index (χ2n) is 4.03. The smallest absolute Gasteiger partial charge is 0.182 e. The van der Waals surface area contributed by atoms with Crippen LogP contribution in [0.1, 0.15) is 15.9 Å². The zero-order valence-electron chi connectivity index (χ0n) is 9.91. The number of sulfone groups is 1. The van der Waals surface area contributed by atoms with Crippen molar-refractivity contribution < 1.29 is 13.2 Å². The number of carbonyl (C=O) groups is 1. The molecule has 0 heterocycles. The van der Waals surface area contributed by atoms with Crippen molar-refractivity contribution in [1.82, 2.24) is 0 Å². The highest BCUT2D eigenvalue weighted by Crippen LogP contribution is 2.21. The van der Waals surface area contributed by atoms with E-state index in [4.69, 9.17) is 0 Å². The van der Waals surface area contributed by atoms with Crippen LogP contribution in [0.3, 0.4) is 0 Å². The average molecular weight is 339 g/mol. The predicted molar refractivity (Wildman–Crippen MR) is 76.9 cm³/mol. The predicted octanol–water partition coefficient (Wildman–Crippen LogP) is 3.24. The number of benzene rings is 2. The molecule has 0 saturated heterocycles. The molecule has 2 aromatic carbocycles. The largest absolute Gasteiger partial charge is 0.298 e. The van der Waals surface area contributed by atoms with E-state index in [0.29, 0.717) is 17.4 Å². The summed E-state index contributed by atoms with van der Waals surface area (Å²) in [5, 5.41) is 0. The highest BCUT2D eigenvalue weighted by atomic mass is 79.9. The summed E-state index contributed by atoms with van der Waals surface area (Å²) in [6.45, 7) is 0. The normalized spacial score (nSPS) is 11.2. The quantitative estimate of drug-likeness (QED) is 0.804. The summed E-state index contributed by atoms with van der Waals surface area (Å²) in [6.07, 6.45) is 0.669. The number of rotatable bonds is 4. The van der Waals surface area contributed by atoms with Gasteiger partial charge >= 0.3 is 0 Å². The lowest BCUT2D eigenvalue weighted by atomic mass is 10.1. The molecule has 0 radical (unpaired) electrons. The monoisotopic (exact) mass is 338 g/mol. The molecule has 19 heavy (non-hydrogen) atoms. The van der Waals surface area contributed by atoms with Crippen LogP contribution < -0.4 is 0 Å². The van der Waals surface area contributed by atoms with Crippen LogP contribution in [0.2, 0.25) is 0 Å². The van der Waals surface area contributed by atoms with Gasteiger partial charge in [0.1, 0.15) is 6.29 Å². The van der Waals surface area contributed by atoms with Gasteiger partial charge < -0.3 is 0 Å². The Hall–Kier alpha value is -1.46. The molecule has 0 N–H and O–H groups in total. The number of hydrogen-bond donors (Lipinski definition) is 0. The fraction of sp³-hybridized carbons (Fsp3) is 0.0714. The maximum absolute atomic E-state index is 12.2. The molecule has 3 nitrogen and oxygen atoms in total. The van der Waals surface area contributed by atoms with Gasteiger partial charge in [-0.15, -0.1) is 0 Å². The third-order valence-corrected chi connectivity index (χ3v) is 4.85. The summed E-state index contributed by atoms with van der Waals surface area (Å²) in [4.78, 5) is 11.2. The Kier molecular flexibility index (Phi) is 4.17. The standard InChI is InChI=1S/C14H11BrO3S/c15-13-7-6-11(9-16)12(8-13)10-19(17,18)14-4-2-1-3-5-14/h1-9H,10H2. The fourth-order valence-corrected chi connectivity index (χ4v) is 3.54. The van der Waals surface area contributed by atoms with Crippen molar-refractivity contribution in [3.05, 3.63) is 64.1 Å². The van der Waals surface area contributed by atoms with Gasteiger partial charge in [0.15, 0.2) is 9.84 Å². The van der Waals surface area contributed by atoms with E-state index in [0.717, 1.165) is 4.47 Å². The Morgan fingerprint density at radius 3 is 2.37 bits per heavy atom. The molecule has 0 atom stereocenters. The Bertz CT molecular complexity index is 694. The Morgan fingerprint density at radius 1 is 1.05 bits per heavy atom. The molecule has 0 aliphatic rings. The first-order valence-corrected chi connectivity index (χ1v) is 7.99. The second-order valence-corrected chi connectivity index (χ2v) is 6.94. The van der Waals surface area contributed by atoms with Crippen LogP contribution in [0, 0.1) is 0 Å². The van der Waals surface area contributed by atoms with Crippen molar-refractivity contribution in [2.75, 3.05) is 0 Å². The molecular weight excluding hydrogens is 328 g/mol. The summed E-state index contributed by atoms with van der Waals surface area (Å²) in [5.41, 5.74) is 0.885. The first-order valence-electron chi connectivity index (χ1n) is 5.54. The van der Waals surface area contributed by atoms with E-state index < -0.39 is 9.84 Å². The topological polar surface area (TPSA) is 51.2 Å². The van der Waals surface area contributed by atoms with Gasteiger partial charge in [0.2, 0.25) is 0 Å². The molecule has 0 amide bonds. The second kappa shape index (κ2) is 5.67. The van der Waals surface area contributed by atoms with E-state index >= 15 is 0 Å². The number of hydrogen-bond acceptors (Lipinski definition) is 3. The van der Waals surface area contributed by atoms with E-state index in [1.807, 2.05) is 0 Å². The molecule has 2 rings (SSSR count). The first-order chi connectivity index (χ1) is 9.03. The highest BCUT2D eigenvalue weighted by Gasteiger charge is 2.17. The molecule has 2 aromatic rings. The van der Waals surface area contributed by atoms with Gasteiger partial charge in [-0.3, -0.25) is 4.79 Å². The number of halogens is 1. The minimum atomic E-state index is -3.44. The van der Waals surface area contributed by atoms with E-state index in [2.05, 4.69) is 15.9 Å². The van der Waals surface area contributed by atoms with Gasteiger partial charge in [0.05, 0.1) is 10.6 Å². The zero-order chi connectivity index (χ0) is 13.9. The molecule has 0 aromatic heterocycles. The molecule has 0 aliphatic carbocycles. The molecule has 0 unspecified atom stereocenters. The molecule has 98 valence electrons. The Labute approximate surface area is 120 Å². The maximum Gasteiger partial charge on any atom is 0.182 e. The molecule has 0 spiro atoms. The van der Waals surface area contributed by atoms with E-state index in [1.165, 1.54) is 0 Å². The van der Waals surface area contributed by atoms with Gasteiger partial charge in [0, 0.05) is 10.0 Å². The first kappa shape index (κ1) is 14.0. The van der Waals surface area contributed by atoms with Crippen molar-refractivity contribution in [1.29, 1.82) is 0 Å². The minimum absolute atomic E-state index is 0.190. The summed E-state index contributed by atoms with van der Waals surface area (Å²) < 4.78 is 25.2. The van der Waals surface area contributed by atoms with Crippen LogP contribution in [0.25, 0.3) is 0 Å². The summed E-state index contributed by atoms with van der Waals surface area (Å²) in [5.74, 6) is -0.190. The van der Waals surface area contributed by atoms with E-state index in [-0.39, 0.29) is 10.6 Å². The molecule has 0 bridgehead atoms. The van der Waals surface area contributed by atoms with Crippen LogP contribution in [0.15, 0.2) is 57.9 Å². The Morgan fingerprint density at radius 2 is 1.74 bits per heavy atom. The number of carbonyl (C=O) groups excluding carboxylic acids is 1. The third-order valence-electron chi connectivity index (χ3n) is 2.68. The lowest BCUT2D eigenvalue weighted by Gasteiger charge is -2.07. The highest BCUT2D eigenvalue weighted by molar-refractivity contribution is 9.10. The Balaban J connectivity index is 2.41. The van der Waals surface area contributed by atoms with Crippen LogP contribution in [-0.2, 0) is 15.6 Å². The van der Waals surface area contributed by atoms with Crippen molar-refractivity contribution in [2.45, 2.75) is 10.6 Å². The van der Waals surface area contributed by atoms with Gasteiger partial charge in [-0.2, -0.15) is 0 Å². The lowest BCUT2D eigenvalue weighted by molar-refractivity contribution is 0.112. The van der Waals surface area contributed by atoms with Crippen LogP contribution in [-0.4, -0.2) is 14.7 Å². The van der Waals surface area contributed by atoms with Crippen LogP contribution in [0.4, 0.5) is 0 Å². The SMILES string of the molecule is O=Cc1ccc(Br)cc1CS(=O)(=O)c1ccccc1. The maximum atomic E-state index is 12.2. The molecule has 0 saturated carbocycles. The van der Waals surface area contributed by atoms with Gasteiger partial charge in [-0.25, -0.2) is 8.42 Å². The van der Waals surface area contributed by atoms with Crippen molar-refractivity contribution in [3.8, 4) is 0 Å². The average Bonchev–Trinajstić information content (AvgIpc) is 2.39. The van der Waals surface area contributed by atoms with Crippen molar-refractivity contribution >= 4 is 32.1 Å². The minimum Gasteiger partial charge on any atom is -0.298 e. The number of aldehydes is 1. The zero-order valence-corrected chi connectivity index (χ0v) is 12.3. The van der Waals surface area contributed by atoms with Crippen molar-refractivity contribution in [2.24, 2.45) is 0 Å². The molecular formula is C14H11BrO3S. The molecule has 0 aliphatic heterocycles. The van der Waals surface area contributed by atoms with Crippen molar-refractivity contribution in [3.63, 3.8) is 0 Å². The van der Waals surface area contributed by atoms with Gasteiger partial charge in [0.25, 0.3) is 0 Å². The van der Waals surface area contributed by atoms with E-state index in [9.17, 15) is 13.2 Å². The summed E-state index contributed by atoms with van der Waals surface area (Å²) >= 11 is 3.28. The van der Waals surface area contributed by atoms with Crippen LogP contribution >= 0.6 is 15.9 Å². The summed E-state index contributed by atoms with van der Waals surface area (Å²) in [7, 11) is -3.44. The third kappa shape index (κ3) is 3.30. The fourth-order valence-electron chi connectivity index (χ4n) is 1.73.